The Morgan fingerprint density at radius 1 is 1.00 bits per heavy atom. The van der Waals surface area contributed by atoms with Gasteiger partial charge >= 0.3 is 0 Å². The minimum atomic E-state index is 0.136. The summed E-state index contributed by atoms with van der Waals surface area (Å²) in [6.07, 6.45) is 0. The number of hydrogen-bond acceptors (Lipinski definition) is 6. The van der Waals surface area contributed by atoms with E-state index in [4.69, 9.17) is 22.3 Å². The fourth-order valence-electron chi connectivity index (χ4n) is 2.50. The number of anilines is 3. The summed E-state index contributed by atoms with van der Waals surface area (Å²) in [5.74, 6) is 0.692. The van der Waals surface area contributed by atoms with Crippen LogP contribution in [0.15, 0.2) is 48.5 Å². The summed E-state index contributed by atoms with van der Waals surface area (Å²) < 4.78 is 1.19. The third kappa shape index (κ3) is 3.40. The fourth-order valence-corrected chi connectivity index (χ4v) is 3.65. The number of thiazole rings is 1. The summed E-state index contributed by atoms with van der Waals surface area (Å²) >= 11 is 7.58. The van der Waals surface area contributed by atoms with Gasteiger partial charge in [0, 0.05) is 17.3 Å². The first-order chi connectivity index (χ1) is 12.1. The van der Waals surface area contributed by atoms with Crippen LogP contribution in [-0.2, 0) is 0 Å². The second kappa shape index (κ2) is 6.31. The molecule has 0 bridgehead atoms. The molecule has 0 aliphatic rings. The average Bonchev–Trinajstić information content (AvgIpc) is 2.97. The van der Waals surface area contributed by atoms with E-state index in [1.165, 1.54) is 10.3 Å². The highest BCUT2D eigenvalue weighted by Crippen LogP contribution is 2.31. The van der Waals surface area contributed by atoms with Crippen molar-refractivity contribution in [2.75, 3.05) is 11.1 Å². The van der Waals surface area contributed by atoms with Gasteiger partial charge in [0.05, 0.1) is 10.2 Å². The zero-order chi connectivity index (χ0) is 17.4. The van der Waals surface area contributed by atoms with E-state index in [9.17, 15) is 0 Å². The van der Waals surface area contributed by atoms with E-state index < -0.39 is 0 Å². The minimum Gasteiger partial charge on any atom is -0.368 e. The number of nitrogens with one attached hydrogen (secondary N) is 1. The van der Waals surface area contributed by atoms with E-state index in [1.807, 2.05) is 24.3 Å². The zero-order valence-electron chi connectivity index (χ0n) is 13.3. The van der Waals surface area contributed by atoms with Gasteiger partial charge in [0.15, 0.2) is 0 Å². The van der Waals surface area contributed by atoms with Crippen molar-refractivity contribution in [1.82, 2.24) is 15.0 Å². The SMILES string of the molecule is Cc1ccc2sc(-c3ccc(Nc4cc(Cl)nc(N)n4)cc3)nc2c1. The number of aryl methyl sites for hydroxylation is 1. The molecular weight excluding hydrogens is 354 g/mol. The first-order valence-electron chi connectivity index (χ1n) is 7.61. The second-order valence-electron chi connectivity index (χ2n) is 5.63. The number of aromatic nitrogens is 3. The van der Waals surface area contributed by atoms with Gasteiger partial charge in [0.2, 0.25) is 5.95 Å². The summed E-state index contributed by atoms with van der Waals surface area (Å²) in [5, 5.41) is 4.47. The van der Waals surface area contributed by atoms with Crippen molar-refractivity contribution in [3.05, 3.63) is 59.2 Å². The molecule has 2 aromatic heterocycles. The van der Waals surface area contributed by atoms with Crippen LogP contribution in [0.1, 0.15) is 5.56 Å². The van der Waals surface area contributed by atoms with E-state index in [0.717, 1.165) is 21.8 Å². The molecule has 0 aliphatic carbocycles. The Morgan fingerprint density at radius 2 is 1.80 bits per heavy atom. The Balaban J connectivity index is 1.60. The van der Waals surface area contributed by atoms with Gasteiger partial charge in [-0.2, -0.15) is 4.98 Å². The zero-order valence-corrected chi connectivity index (χ0v) is 14.9. The third-order valence-corrected chi connectivity index (χ3v) is 4.94. The molecule has 0 spiro atoms. The van der Waals surface area contributed by atoms with Crippen LogP contribution in [0.2, 0.25) is 5.15 Å². The molecule has 25 heavy (non-hydrogen) atoms. The van der Waals surface area contributed by atoms with Crippen molar-refractivity contribution in [2.45, 2.75) is 6.92 Å². The molecule has 0 saturated heterocycles. The largest absolute Gasteiger partial charge is 0.368 e. The smallest absolute Gasteiger partial charge is 0.223 e. The number of benzene rings is 2. The summed E-state index contributed by atoms with van der Waals surface area (Å²) in [4.78, 5) is 12.7. The van der Waals surface area contributed by atoms with Crippen molar-refractivity contribution in [3.8, 4) is 10.6 Å². The fraction of sp³-hybridized carbons (Fsp3) is 0.0556. The Kier molecular flexibility index (Phi) is 3.99. The highest BCUT2D eigenvalue weighted by molar-refractivity contribution is 7.21. The van der Waals surface area contributed by atoms with Crippen LogP contribution in [0, 0.1) is 6.92 Å². The number of fused-ring (bicyclic) bond motifs is 1. The molecule has 7 heteroatoms. The van der Waals surface area contributed by atoms with E-state index in [0.29, 0.717) is 11.0 Å². The van der Waals surface area contributed by atoms with Crippen LogP contribution in [-0.4, -0.2) is 15.0 Å². The third-order valence-electron chi connectivity index (χ3n) is 3.66. The predicted octanol–water partition coefficient (Wildman–Crippen LogP) is 5.04. The summed E-state index contributed by atoms with van der Waals surface area (Å²) in [7, 11) is 0. The van der Waals surface area contributed by atoms with E-state index in [2.05, 4.69) is 40.4 Å². The molecule has 0 unspecified atom stereocenters. The maximum absolute atomic E-state index is 5.89. The molecule has 0 radical (unpaired) electrons. The van der Waals surface area contributed by atoms with Crippen LogP contribution in [0.25, 0.3) is 20.8 Å². The van der Waals surface area contributed by atoms with Gasteiger partial charge in [0.25, 0.3) is 0 Å². The Labute approximate surface area is 153 Å². The van der Waals surface area contributed by atoms with E-state index in [1.54, 1.807) is 17.4 Å². The first-order valence-corrected chi connectivity index (χ1v) is 8.81. The molecule has 0 aliphatic heterocycles. The molecule has 2 heterocycles. The van der Waals surface area contributed by atoms with Crippen molar-refractivity contribution < 1.29 is 0 Å². The molecule has 0 atom stereocenters. The maximum Gasteiger partial charge on any atom is 0.223 e. The van der Waals surface area contributed by atoms with Gasteiger partial charge in [0.1, 0.15) is 16.0 Å². The number of rotatable bonds is 3. The van der Waals surface area contributed by atoms with E-state index in [-0.39, 0.29) is 5.95 Å². The van der Waals surface area contributed by atoms with Gasteiger partial charge in [-0.15, -0.1) is 11.3 Å². The van der Waals surface area contributed by atoms with Crippen LogP contribution < -0.4 is 11.1 Å². The van der Waals surface area contributed by atoms with E-state index >= 15 is 0 Å². The molecular formula is C18H14ClN5S. The molecule has 5 nitrogen and oxygen atoms in total. The van der Waals surface area contributed by atoms with Crippen molar-refractivity contribution in [1.29, 1.82) is 0 Å². The van der Waals surface area contributed by atoms with Crippen molar-refractivity contribution in [2.24, 2.45) is 0 Å². The molecule has 0 saturated carbocycles. The van der Waals surface area contributed by atoms with Crippen molar-refractivity contribution in [3.63, 3.8) is 0 Å². The number of nitrogens with two attached hydrogens (primary N) is 1. The topological polar surface area (TPSA) is 76.7 Å². The summed E-state index contributed by atoms with van der Waals surface area (Å²) in [5.41, 5.74) is 9.81. The first kappa shape index (κ1) is 15.8. The maximum atomic E-state index is 5.89. The number of nitrogens with zero attached hydrogens (tertiary/aromatic N) is 3. The lowest BCUT2D eigenvalue weighted by molar-refractivity contribution is 1.18. The summed E-state index contributed by atoms with van der Waals surface area (Å²) in [6, 6.07) is 16.0. The lowest BCUT2D eigenvalue weighted by Crippen LogP contribution is -1.99. The van der Waals surface area contributed by atoms with Gasteiger partial charge in [-0.3, -0.25) is 0 Å². The predicted molar refractivity (Wildman–Crippen MR) is 105 cm³/mol. The van der Waals surface area contributed by atoms with Gasteiger partial charge in [-0.1, -0.05) is 17.7 Å². The monoisotopic (exact) mass is 367 g/mol. The molecule has 4 rings (SSSR count). The highest BCUT2D eigenvalue weighted by atomic mass is 35.5. The number of hydrogen-bond donors (Lipinski definition) is 2. The second-order valence-corrected chi connectivity index (χ2v) is 7.04. The normalized spacial score (nSPS) is 11.0. The van der Waals surface area contributed by atoms with Gasteiger partial charge in [-0.05, 0) is 48.9 Å². The van der Waals surface area contributed by atoms with Gasteiger partial charge < -0.3 is 11.1 Å². The van der Waals surface area contributed by atoms with Gasteiger partial charge in [-0.25, -0.2) is 9.97 Å². The molecule has 0 amide bonds. The molecule has 2 aromatic carbocycles. The minimum absolute atomic E-state index is 0.136. The van der Waals surface area contributed by atoms with Crippen LogP contribution >= 0.6 is 22.9 Å². The van der Waals surface area contributed by atoms with Crippen LogP contribution in [0.3, 0.4) is 0 Å². The molecule has 0 fully saturated rings. The lowest BCUT2D eigenvalue weighted by atomic mass is 10.2. The van der Waals surface area contributed by atoms with Crippen LogP contribution in [0.4, 0.5) is 17.5 Å². The lowest BCUT2D eigenvalue weighted by Gasteiger charge is -2.07. The number of halogens is 1. The molecule has 4 aromatic rings. The molecule has 124 valence electrons. The quantitative estimate of drug-likeness (QED) is 0.496. The standard InChI is InChI=1S/C18H14ClN5S/c1-10-2-7-14-13(8-10)22-17(25-14)11-3-5-12(6-4-11)21-16-9-15(19)23-18(20)24-16/h2-9H,1H3,(H3,20,21,23,24). The Hall–Kier alpha value is -2.70. The Bertz CT molecular complexity index is 1040. The summed E-state index contributed by atoms with van der Waals surface area (Å²) in [6.45, 7) is 2.07. The molecule has 3 N–H and O–H groups in total. The Morgan fingerprint density at radius 3 is 2.56 bits per heavy atom. The van der Waals surface area contributed by atoms with Crippen LogP contribution in [0.5, 0.6) is 0 Å². The van der Waals surface area contributed by atoms with Crippen molar-refractivity contribution >= 4 is 50.6 Å². The average molecular weight is 368 g/mol. The number of nitrogen functional groups attached to an aromatic ring is 1. The highest BCUT2D eigenvalue weighted by Gasteiger charge is 2.07.